The second kappa shape index (κ2) is 5.63. The van der Waals surface area contributed by atoms with Crippen LogP contribution in [0.1, 0.15) is 28.0 Å². The lowest BCUT2D eigenvalue weighted by Gasteiger charge is -2.19. The number of fused-ring (bicyclic) bond motifs is 1. The molecule has 3 rings (SSSR count). The molecule has 0 fully saturated rings. The van der Waals surface area contributed by atoms with E-state index in [-0.39, 0.29) is 11.9 Å². The van der Waals surface area contributed by atoms with Gasteiger partial charge in [-0.2, -0.15) is 5.10 Å². The van der Waals surface area contributed by atoms with Gasteiger partial charge in [0.1, 0.15) is 0 Å². The van der Waals surface area contributed by atoms with Crippen molar-refractivity contribution in [2.75, 3.05) is 7.11 Å². The van der Waals surface area contributed by atoms with Crippen LogP contribution in [0.25, 0.3) is 5.69 Å². The highest BCUT2D eigenvalue weighted by Crippen LogP contribution is 2.27. The van der Waals surface area contributed by atoms with Gasteiger partial charge >= 0.3 is 11.9 Å². The van der Waals surface area contributed by atoms with Crippen molar-refractivity contribution in [2.24, 2.45) is 5.92 Å². The van der Waals surface area contributed by atoms with E-state index < -0.39 is 5.97 Å². The number of ether oxygens (including phenoxy) is 1. The van der Waals surface area contributed by atoms with Crippen LogP contribution in [0.3, 0.4) is 0 Å². The van der Waals surface area contributed by atoms with Gasteiger partial charge in [0.25, 0.3) is 0 Å². The Hall–Kier alpha value is -2.63. The zero-order chi connectivity index (χ0) is 15.7. The van der Waals surface area contributed by atoms with Crippen molar-refractivity contribution in [1.29, 1.82) is 0 Å². The molecule has 1 N–H and O–H groups in total. The molecule has 0 saturated heterocycles. The Morgan fingerprint density at radius 2 is 2.05 bits per heavy atom. The maximum absolute atomic E-state index is 11.4. The fourth-order valence-corrected chi connectivity index (χ4v) is 2.81. The van der Waals surface area contributed by atoms with Crippen molar-refractivity contribution in [1.82, 2.24) is 9.78 Å². The molecule has 0 amide bonds. The third kappa shape index (κ3) is 2.47. The van der Waals surface area contributed by atoms with Gasteiger partial charge < -0.3 is 9.84 Å². The van der Waals surface area contributed by atoms with Crippen molar-refractivity contribution in [3.63, 3.8) is 0 Å². The summed E-state index contributed by atoms with van der Waals surface area (Å²) in [6.07, 6.45) is 3.56. The summed E-state index contributed by atoms with van der Waals surface area (Å²) in [5.41, 5.74) is 3.36. The summed E-state index contributed by atoms with van der Waals surface area (Å²) in [7, 11) is 1.35. The highest BCUT2D eigenvalue weighted by molar-refractivity contribution is 5.89. The minimum atomic E-state index is -0.749. The van der Waals surface area contributed by atoms with Gasteiger partial charge in [-0.1, -0.05) is 0 Å². The molecular weight excluding hydrogens is 284 g/mol. The summed E-state index contributed by atoms with van der Waals surface area (Å²) in [4.78, 5) is 22.5. The van der Waals surface area contributed by atoms with Gasteiger partial charge in [-0.05, 0) is 49.1 Å². The van der Waals surface area contributed by atoms with E-state index in [0.717, 1.165) is 16.9 Å². The van der Waals surface area contributed by atoms with Gasteiger partial charge in [0.2, 0.25) is 0 Å². The van der Waals surface area contributed by atoms with Crippen LogP contribution in [-0.4, -0.2) is 33.9 Å². The van der Waals surface area contributed by atoms with E-state index in [4.69, 9.17) is 5.11 Å². The fraction of sp³-hybridized carbons (Fsp3) is 0.312. The molecule has 0 spiro atoms. The van der Waals surface area contributed by atoms with Crippen LogP contribution >= 0.6 is 0 Å². The third-order valence-corrected chi connectivity index (χ3v) is 4.03. The van der Waals surface area contributed by atoms with E-state index in [9.17, 15) is 9.59 Å². The first kappa shape index (κ1) is 14.3. The van der Waals surface area contributed by atoms with Crippen molar-refractivity contribution in [2.45, 2.75) is 19.3 Å². The Morgan fingerprint density at radius 1 is 1.32 bits per heavy atom. The summed E-state index contributed by atoms with van der Waals surface area (Å²) < 4.78 is 6.49. The van der Waals surface area contributed by atoms with Gasteiger partial charge in [-0.15, -0.1) is 0 Å². The summed E-state index contributed by atoms with van der Waals surface area (Å²) in [6.45, 7) is 0. The number of rotatable bonds is 3. The molecule has 2 aromatic rings. The van der Waals surface area contributed by atoms with Crippen LogP contribution < -0.4 is 0 Å². The summed E-state index contributed by atoms with van der Waals surface area (Å²) >= 11 is 0. The SMILES string of the molecule is COC(=O)c1ccc(-n2ncc3c2CCC(C(=O)O)C3)cc1. The lowest BCUT2D eigenvalue weighted by atomic mass is 9.88. The number of esters is 1. The topological polar surface area (TPSA) is 81.4 Å². The number of hydrogen-bond donors (Lipinski definition) is 1. The molecule has 1 aromatic carbocycles. The number of hydrogen-bond acceptors (Lipinski definition) is 4. The molecule has 1 unspecified atom stereocenters. The first-order valence-corrected chi connectivity index (χ1v) is 7.07. The van der Waals surface area contributed by atoms with Gasteiger partial charge in [-0.25, -0.2) is 9.48 Å². The zero-order valence-electron chi connectivity index (χ0n) is 12.2. The van der Waals surface area contributed by atoms with Crippen molar-refractivity contribution in [3.8, 4) is 5.69 Å². The van der Waals surface area contributed by atoms with E-state index >= 15 is 0 Å². The van der Waals surface area contributed by atoms with Crippen LogP contribution in [0.5, 0.6) is 0 Å². The molecule has 22 heavy (non-hydrogen) atoms. The average Bonchev–Trinajstić information content (AvgIpc) is 2.97. The highest BCUT2D eigenvalue weighted by atomic mass is 16.5. The molecule has 1 aliphatic rings. The molecule has 0 bridgehead atoms. The number of nitrogens with zero attached hydrogens (tertiary/aromatic N) is 2. The van der Waals surface area contributed by atoms with Crippen LogP contribution in [0, 0.1) is 5.92 Å². The number of carboxylic acids is 1. The zero-order valence-corrected chi connectivity index (χ0v) is 12.2. The number of carbonyl (C=O) groups is 2. The Balaban J connectivity index is 1.88. The normalized spacial score (nSPS) is 16.9. The van der Waals surface area contributed by atoms with Crippen LogP contribution in [0.15, 0.2) is 30.5 Å². The molecule has 6 heteroatoms. The first-order valence-electron chi connectivity index (χ1n) is 7.07. The molecule has 114 valence electrons. The van der Waals surface area contributed by atoms with Gasteiger partial charge in [0.05, 0.1) is 30.5 Å². The number of carboxylic acid groups (broad SMARTS) is 1. The molecular formula is C16H16N2O4. The highest BCUT2D eigenvalue weighted by Gasteiger charge is 2.27. The number of aromatic nitrogens is 2. The summed E-state index contributed by atoms with van der Waals surface area (Å²) in [5.74, 6) is -1.45. The minimum Gasteiger partial charge on any atom is -0.481 e. The number of benzene rings is 1. The predicted molar refractivity (Wildman–Crippen MR) is 78.1 cm³/mol. The smallest absolute Gasteiger partial charge is 0.337 e. The van der Waals surface area contributed by atoms with Crippen molar-refractivity contribution < 1.29 is 19.4 Å². The minimum absolute atomic E-state index is 0.327. The molecule has 1 atom stereocenters. The number of aliphatic carboxylic acids is 1. The number of carbonyl (C=O) groups excluding carboxylic acids is 1. The Morgan fingerprint density at radius 3 is 2.68 bits per heavy atom. The van der Waals surface area contributed by atoms with E-state index in [1.165, 1.54) is 7.11 Å². The monoisotopic (exact) mass is 300 g/mol. The molecule has 0 aliphatic heterocycles. The van der Waals surface area contributed by atoms with E-state index in [0.29, 0.717) is 24.8 Å². The quantitative estimate of drug-likeness (QED) is 0.875. The fourth-order valence-electron chi connectivity index (χ4n) is 2.81. The van der Waals surface area contributed by atoms with Crippen molar-refractivity contribution >= 4 is 11.9 Å². The Kier molecular flexibility index (Phi) is 3.66. The standard InChI is InChI=1S/C16H16N2O4/c1-22-16(21)10-2-5-13(6-3-10)18-14-7-4-11(15(19)20)8-12(14)9-17-18/h2-3,5-6,9,11H,4,7-8H2,1H3,(H,19,20). The molecule has 1 aromatic heterocycles. The molecule has 0 saturated carbocycles. The number of methoxy groups -OCH3 is 1. The first-order chi connectivity index (χ1) is 10.6. The van der Waals surface area contributed by atoms with Gasteiger partial charge in [0, 0.05) is 5.69 Å². The maximum Gasteiger partial charge on any atom is 0.337 e. The van der Waals surface area contributed by atoms with E-state index in [2.05, 4.69) is 9.84 Å². The molecule has 1 heterocycles. The predicted octanol–water partition coefficient (Wildman–Crippen LogP) is 1.85. The molecule has 1 aliphatic carbocycles. The van der Waals surface area contributed by atoms with Crippen LogP contribution in [0.4, 0.5) is 0 Å². The molecule has 6 nitrogen and oxygen atoms in total. The lowest BCUT2D eigenvalue weighted by molar-refractivity contribution is -0.142. The Bertz CT molecular complexity index is 718. The second-order valence-corrected chi connectivity index (χ2v) is 5.34. The third-order valence-electron chi connectivity index (χ3n) is 4.03. The largest absolute Gasteiger partial charge is 0.481 e. The van der Waals surface area contributed by atoms with Crippen molar-refractivity contribution in [3.05, 3.63) is 47.3 Å². The maximum atomic E-state index is 11.4. The molecule has 0 radical (unpaired) electrons. The van der Waals surface area contributed by atoms with Crippen LogP contribution in [0.2, 0.25) is 0 Å². The van der Waals surface area contributed by atoms with E-state index in [1.54, 1.807) is 18.3 Å². The average molecular weight is 300 g/mol. The van der Waals surface area contributed by atoms with Crippen LogP contribution in [-0.2, 0) is 22.4 Å². The van der Waals surface area contributed by atoms with E-state index in [1.807, 2.05) is 16.8 Å². The second-order valence-electron chi connectivity index (χ2n) is 5.34. The van der Waals surface area contributed by atoms with Gasteiger partial charge in [-0.3, -0.25) is 4.79 Å². The Labute approximate surface area is 127 Å². The van der Waals surface area contributed by atoms with Gasteiger partial charge in [0.15, 0.2) is 0 Å². The summed E-state index contributed by atoms with van der Waals surface area (Å²) in [5, 5.41) is 13.5. The lowest BCUT2D eigenvalue weighted by Crippen LogP contribution is -2.22. The summed E-state index contributed by atoms with van der Waals surface area (Å²) in [6, 6.07) is 7.00.